The molecule has 1 aromatic rings. The van der Waals surface area contributed by atoms with E-state index in [1.165, 1.54) is 0 Å². The van der Waals surface area contributed by atoms with Gasteiger partial charge in [-0.05, 0) is 79.6 Å². The Morgan fingerprint density at radius 3 is 2.48 bits per heavy atom. The van der Waals surface area contributed by atoms with Gasteiger partial charge in [-0.1, -0.05) is 51.1 Å². The average Bonchev–Trinajstić information content (AvgIpc) is 3.81. The smallest absolute Gasteiger partial charge is 0.160 e. The number of terminal acetylenes is 1. The zero-order valence-corrected chi connectivity index (χ0v) is 26.3. The molecule has 2 N–H and O–H groups in total. The van der Waals surface area contributed by atoms with Crippen LogP contribution in [0.5, 0.6) is 5.75 Å². The van der Waals surface area contributed by atoms with Gasteiger partial charge in [0.2, 0.25) is 0 Å². The van der Waals surface area contributed by atoms with Crippen molar-refractivity contribution in [1.29, 1.82) is 0 Å². The minimum absolute atomic E-state index is 0.138. The largest absolute Gasteiger partial charge is 0.496 e. The van der Waals surface area contributed by atoms with Crippen LogP contribution in [0.1, 0.15) is 53.5 Å². The van der Waals surface area contributed by atoms with E-state index >= 15 is 0 Å². The van der Waals surface area contributed by atoms with Crippen molar-refractivity contribution in [3.05, 3.63) is 53.1 Å². The van der Waals surface area contributed by atoms with Crippen LogP contribution in [0.3, 0.4) is 0 Å². The fourth-order valence-corrected chi connectivity index (χ4v) is 8.45. The maximum absolute atomic E-state index is 14.7. The lowest BCUT2D eigenvalue weighted by molar-refractivity contribution is -0.169. The molecule has 0 amide bonds. The lowest BCUT2D eigenvalue weighted by Crippen LogP contribution is -2.53. The Morgan fingerprint density at radius 2 is 1.83 bits per heavy atom. The number of benzene rings is 1. The number of rotatable bonds is 8. The van der Waals surface area contributed by atoms with Crippen molar-refractivity contribution in [3.8, 4) is 18.6 Å². The number of ether oxygens (including phenoxy) is 4. The number of fused-ring (bicyclic) bond motifs is 3. The van der Waals surface area contributed by atoms with Crippen molar-refractivity contribution in [3.63, 3.8) is 0 Å². The molecule has 4 aliphatic carbocycles. The first kappa shape index (κ1) is 32.4. The Morgan fingerprint density at radius 1 is 1.17 bits per heavy atom. The van der Waals surface area contributed by atoms with Crippen molar-refractivity contribution in [2.24, 2.45) is 34.5 Å². The van der Waals surface area contributed by atoms with E-state index in [4.69, 9.17) is 24.1 Å². The van der Waals surface area contributed by atoms with Crippen LogP contribution in [0, 0.1) is 47.3 Å². The summed E-state index contributed by atoms with van der Waals surface area (Å²) < 4.78 is 24.8. The second-order valence-corrected chi connectivity index (χ2v) is 13.3. The van der Waals surface area contributed by atoms with Crippen molar-refractivity contribution >= 4 is 5.78 Å². The van der Waals surface area contributed by atoms with E-state index in [1.54, 1.807) is 21.0 Å². The number of epoxide rings is 1. The zero-order chi connectivity index (χ0) is 31.3. The van der Waals surface area contributed by atoms with Crippen LogP contribution in [0.2, 0.25) is 0 Å². The van der Waals surface area contributed by atoms with Gasteiger partial charge in [0.1, 0.15) is 23.6 Å². The van der Waals surface area contributed by atoms with E-state index in [-0.39, 0.29) is 41.8 Å². The Hall–Kier alpha value is -2.47. The van der Waals surface area contributed by atoms with E-state index < -0.39 is 16.8 Å². The number of para-hydroxylation sites is 1. The number of hydrogen-bond acceptors (Lipinski definition) is 7. The second kappa shape index (κ2) is 11.6. The molecule has 42 heavy (non-hydrogen) atoms. The molecule has 7 heteroatoms. The summed E-state index contributed by atoms with van der Waals surface area (Å²) >= 11 is 0. The number of aliphatic hydroxyl groups is 2. The summed E-state index contributed by atoms with van der Waals surface area (Å²) in [7, 11) is 2.69. The van der Waals surface area contributed by atoms with Gasteiger partial charge < -0.3 is 29.2 Å². The van der Waals surface area contributed by atoms with Crippen LogP contribution in [-0.2, 0) is 25.4 Å². The summed E-state index contributed by atoms with van der Waals surface area (Å²) in [6.45, 7) is 12.9. The summed E-state index contributed by atoms with van der Waals surface area (Å²) in [5, 5.41) is 17.3. The van der Waals surface area contributed by atoms with E-state index in [1.807, 2.05) is 18.2 Å². The minimum atomic E-state index is -1.27. The highest BCUT2D eigenvalue weighted by Crippen LogP contribution is 2.75. The van der Waals surface area contributed by atoms with E-state index in [0.29, 0.717) is 24.9 Å². The molecule has 0 aromatic heterocycles. The molecule has 0 radical (unpaired) electrons. The lowest BCUT2D eigenvalue weighted by Gasteiger charge is -2.40. The summed E-state index contributed by atoms with van der Waals surface area (Å²) in [6.07, 6.45) is 13.5. The van der Waals surface area contributed by atoms with E-state index in [0.717, 1.165) is 36.0 Å². The van der Waals surface area contributed by atoms with Crippen molar-refractivity contribution in [2.75, 3.05) is 27.4 Å². The lowest BCUT2D eigenvalue weighted by atomic mass is 9.61. The molecule has 6 rings (SSSR count). The highest BCUT2D eigenvalue weighted by atomic mass is 16.7. The number of carbonyl (C=O) groups excluding carboxylic acids is 1. The van der Waals surface area contributed by atoms with Crippen LogP contribution in [0.15, 0.2) is 47.6 Å². The van der Waals surface area contributed by atoms with Crippen LogP contribution in [0.4, 0.5) is 0 Å². The molecular weight excluding hydrogens is 532 g/mol. The molecule has 1 aromatic carbocycles. The third-order valence-electron chi connectivity index (χ3n) is 10.3. The number of aliphatic hydroxyl groups excluding tert-OH is 1. The van der Waals surface area contributed by atoms with Gasteiger partial charge in [0.15, 0.2) is 11.6 Å². The van der Waals surface area contributed by atoms with Crippen molar-refractivity contribution < 1.29 is 34.0 Å². The van der Waals surface area contributed by atoms with Crippen LogP contribution < -0.4 is 4.74 Å². The molecule has 1 heterocycles. The van der Waals surface area contributed by atoms with Crippen LogP contribution in [-0.4, -0.2) is 67.0 Å². The molecule has 1 aliphatic heterocycles. The number of Topliss-reactive ketones (excluding diaryl/α,β-unsaturated/α-hetero) is 1. The van der Waals surface area contributed by atoms with Gasteiger partial charge in [0, 0.05) is 13.0 Å². The number of allylic oxidation sites excluding steroid dienone is 1. The standard InChI is InChI=1S/C32H42O6.C2H2.CH4O/c1-18-16-31-19(2)14-23-25(29(23,3)4)22(26(31)33)15-21(17-37-30(5,6)34)28-32(31,38-28)27(18)36-13-12-20-10-8-9-11-24(20)35-7;2*1-2/h8-11,15-16,19,22-23,25,27-28,34H,12-14,17H2,1-7H3;1-2H;2H,1H3/t19-,22?,23?,25+,27?,28?,31?,32?;;/m1../s1. The molecule has 6 unspecified atom stereocenters. The summed E-state index contributed by atoms with van der Waals surface area (Å²) in [4.78, 5) is 14.7. The van der Waals surface area contributed by atoms with Crippen molar-refractivity contribution in [1.82, 2.24) is 0 Å². The molecule has 2 bridgehead atoms. The second-order valence-electron chi connectivity index (χ2n) is 13.3. The third kappa shape index (κ3) is 4.86. The highest BCUT2D eigenvalue weighted by Gasteiger charge is 2.83. The van der Waals surface area contributed by atoms with E-state index in [2.05, 4.69) is 58.8 Å². The van der Waals surface area contributed by atoms with Gasteiger partial charge in [0.25, 0.3) is 0 Å². The van der Waals surface area contributed by atoms with Gasteiger partial charge in [0.05, 0.1) is 25.7 Å². The van der Waals surface area contributed by atoms with Crippen LogP contribution in [0.25, 0.3) is 0 Å². The van der Waals surface area contributed by atoms with Gasteiger partial charge in [-0.2, -0.15) is 0 Å². The fraction of sp³-hybridized carbons (Fsp3) is 0.629. The number of carbonyl (C=O) groups is 1. The summed E-state index contributed by atoms with van der Waals surface area (Å²) in [5.74, 6) is 0.647. The molecular formula is C35H48O7. The first-order valence-corrected chi connectivity index (χ1v) is 14.9. The Kier molecular flexibility index (Phi) is 8.93. The molecule has 7 nitrogen and oxygen atoms in total. The predicted octanol–water partition coefficient (Wildman–Crippen LogP) is 4.75. The minimum Gasteiger partial charge on any atom is -0.496 e. The average molecular weight is 581 g/mol. The Balaban J connectivity index is 0.000000972. The number of methoxy groups -OCH3 is 1. The van der Waals surface area contributed by atoms with E-state index in [9.17, 15) is 9.90 Å². The first-order valence-electron chi connectivity index (χ1n) is 14.9. The first-order chi connectivity index (χ1) is 19.9. The monoisotopic (exact) mass is 580 g/mol. The molecule has 1 saturated heterocycles. The van der Waals surface area contributed by atoms with Crippen LogP contribution >= 0.6 is 0 Å². The normalized spacial score (nSPS) is 36.5. The molecule has 3 fully saturated rings. The zero-order valence-electron chi connectivity index (χ0n) is 26.3. The molecule has 8 atom stereocenters. The maximum Gasteiger partial charge on any atom is 0.160 e. The topological polar surface area (TPSA) is 97.8 Å². The maximum atomic E-state index is 14.7. The molecule has 2 saturated carbocycles. The molecule has 2 spiro atoms. The fourth-order valence-electron chi connectivity index (χ4n) is 8.45. The van der Waals surface area contributed by atoms with Crippen molar-refractivity contribution in [2.45, 2.75) is 78.0 Å². The number of ketones is 1. The molecule has 230 valence electrons. The predicted molar refractivity (Wildman–Crippen MR) is 162 cm³/mol. The van der Waals surface area contributed by atoms with Gasteiger partial charge in [-0.25, -0.2) is 0 Å². The number of hydrogen-bond donors (Lipinski definition) is 2. The van der Waals surface area contributed by atoms with Gasteiger partial charge in [-0.15, -0.1) is 12.8 Å². The Labute approximate surface area is 251 Å². The quantitative estimate of drug-likeness (QED) is 0.198. The third-order valence-corrected chi connectivity index (χ3v) is 10.3. The SMILES string of the molecule is C#C.CO.COc1ccccc1CCOC1C(C)=CC23C(=O)C(C=C(COC(C)(C)O)C4OC142)[C@H]1C(C[C@H]3C)C1(C)C. The Bertz CT molecular complexity index is 1250. The van der Waals surface area contributed by atoms with Gasteiger partial charge >= 0.3 is 0 Å². The summed E-state index contributed by atoms with van der Waals surface area (Å²) in [6, 6.07) is 8.00. The highest BCUT2D eigenvalue weighted by molar-refractivity contribution is 5.96. The molecule has 5 aliphatic rings. The van der Waals surface area contributed by atoms with Gasteiger partial charge in [-0.3, -0.25) is 4.79 Å². The summed E-state index contributed by atoms with van der Waals surface area (Å²) in [5.41, 5.74) is 1.78.